The fraction of sp³-hybridized carbons (Fsp3) is 0.438. The molecule has 3 heterocycles. The maximum absolute atomic E-state index is 12.8. The SMILES string of the molecule is CNC(=O)[C@@]1(C)CCCN1C(=O)c1cn2cccc(C)c2n1. The first-order valence-electron chi connectivity index (χ1n) is 7.46. The average molecular weight is 300 g/mol. The molecule has 0 unspecified atom stereocenters. The fourth-order valence-electron chi connectivity index (χ4n) is 3.19. The van der Waals surface area contributed by atoms with Gasteiger partial charge in [-0.15, -0.1) is 0 Å². The van der Waals surface area contributed by atoms with Gasteiger partial charge in [-0.05, 0) is 38.3 Å². The topological polar surface area (TPSA) is 66.7 Å². The third-order valence-corrected chi connectivity index (χ3v) is 4.50. The van der Waals surface area contributed by atoms with E-state index in [1.54, 1.807) is 18.1 Å². The molecule has 0 spiro atoms. The number of aromatic nitrogens is 2. The van der Waals surface area contributed by atoms with Gasteiger partial charge in [0, 0.05) is 26.0 Å². The Bertz CT molecular complexity index is 752. The molecule has 116 valence electrons. The van der Waals surface area contributed by atoms with Crippen molar-refractivity contribution >= 4 is 17.5 Å². The van der Waals surface area contributed by atoms with Crippen molar-refractivity contribution in [3.8, 4) is 0 Å². The summed E-state index contributed by atoms with van der Waals surface area (Å²) >= 11 is 0. The largest absolute Gasteiger partial charge is 0.357 e. The van der Waals surface area contributed by atoms with Crippen LogP contribution in [0.5, 0.6) is 0 Å². The van der Waals surface area contributed by atoms with E-state index >= 15 is 0 Å². The molecule has 6 heteroatoms. The number of amides is 2. The number of fused-ring (bicyclic) bond motifs is 1. The summed E-state index contributed by atoms with van der Waals surface area (Å²) in [6, 6.07) is 3.88. The van der Waals surface area contributed by atoms with E-state index in [1.165, 1.54) is 0 Å². The third kappa shape index (κ3) is 2.06. The van der Waals surface area contributed by atoms with E-state index in [0.29, 0.717) is 18.7 Å². The lowest BCUT2D eigenvalue weighted by Gasteiger charge is -2.32. The lowest BCUT2D eigenvalue weighted by molar-refractivity contribution is -0.129. The number of likely N-dealkylation sites (N-methyl/N-ethyl adjacent to an activating group) is 1. The Kier molecular flexibility index (Phi) is 3.39. The first-order chi connectivity index (χ1) is 10.5. The van der Waals surface area contributed by atoms with E-state index in [2.05, 4.69) is 10.3 Å². The monoisotopic (exact) mass is 300 g/mol. The number of nitrogens with zero attached hydrogens (tertiary/aromatic N) is 3. The molecule has 0 radical (unpaired) electrons. The minimum atomic E-state index is -0.795. The van der Waals surface area contributed by atoms with Crippen molar-refractivity contribution in [2.24, 2.45) is 0 Å². The molecule has 22 heavy (non-hydrogen) atoms. The zero-order chi connectivity index (χ0) is 15.9. The third-order valence-electron chi connectivity index (χ3n) is 4.50. The number of pyridine rings is 1. The van der Waals surface area contributed by atoms with Crippen LogP contribution in [0.3, 0.4) is 0 Å². The second kappa shape index (κ2) is 5.12. The van der Waals surface area contributed by atoms with Gasteiger partial charge in [-0.3, -0.25) is 9.59 Å². The van der Waals surface area contributed by atoms with Crippen LogP contribution < -0.4 is 5.32 Å². The summed E-state index contributed by atoms with van der Waals surface area (Å²) in [4.78, 5) is 31.1. The zero-order valence-electron chi connectivity index (χ0n) is 13.1. The number of hydrogen-bond donors (Lipinski definition) is 1. The van der Waals surface area contributed by atoms with E-state index in [0.717, 1.165) is 17.6 Å². The normalized spacial score (nSPS) is 21.3. The van der Waals surface area contributed by atoms with Crippen LogP contribution in [0.4, 0.5) is 0 Å². The molecule has 2 aromatic rings. The van der Waals surface area contributed by atoms with Gasteiger partial charge < -0.3 is 14.6 Å². The lowest BCUT2D eigenvalue weighted by atomic mass is 9.97. The number of rotatable bonds is 2. The minimum Gasteiger partial charge on any atom is -0.357 e. The molecule has 1 aliphatic heterocycles. The molecule has 1 aliphatic rings. The van der Waals surface area contributed by atoms with E-state index in [4.69, 9.17) is 0 Å². The summed E-state index contributed by atoms with van der Waals surface area (Å²) < 4.78 is 1.84. The van der Waals surface area contributed by atoms with Crippen LogP contribution >= 0.6 is 0 Å². The molecular weight excluding hydrogens is 280 g/mol. The highest BCUT2D eigenvalue weighted by Gasteiger charge is 2.45. The highest BCUT2D eigenvalue weighted by atomic mass is 16.2. The van der Waals surface area contributed by atoms with Crippen molar-refractivity contribution in [3.63, 3.8) is 0 Å². The molecule has 2 amide bonds. The average Bonchev–Trinajstić information content (AvgIpc) is 3.11. The zero-order valence-corrected chi connectivity index (χ0v) is 13.1. The second-order valence-electron chi connectivity index (χ2n) is 5.96. The molecule has 1 N–H and O–H groups in total. The van der Waals surface area contributed by atoms with Crippen LogP contribution in [-0.2, 0) is 4.79 Å². The van der Waals surface area contributed by atoms with E-state index in [9.17, 15) is 9.59 Å². The molecule has 2 aromatic heterocycles. The van der Waals surface area contributed by atoms with Crippen molar-refractivity contribution in [2.45, 2.75) is 32.2 Å². The predicted molar refractivity (Wildman–Crippen MR) is 82.7 cm³/mol. The second-order valence-corrected chi connectivity index (χ2v) is 5.96. The van der Waals surface area contributed by atoms with Crippen LogP contribution in [0.2, 0.25) is 0 Å². The number of carbonyl (C=O) groups is 2. The van der Waals surface area contributed by atoms with Crippen molar-refractivity contribution < 1.29 is 9.59 Å². The van der Waals surface area contributed by atoms with Gasteiger partial charge in [0.25, 0.3) is 5.91 Å². The fourth-order valence-corrected chi connectivity index (χ4v) is 3.19. The van der Waals surface area contributed by atoms with E-state index in [-0.39, 0.29) is 11.8 Å². The molecule has 1 atom stereocenters. The molecule has 6 nitrogen and oxygen atoms in total. The summed E-state index contributed by atoms with van der Waals surface area (Å²) in [5, 5.41) is 2.66. The molecular formula is C16H20N4O2. The predicted octanol–water partition coefficient (Wildman–Crippen LogP) is 1.38. The molecule has 1 saturated heterocycles. The molecule has 0 bridgehead atoms. The molecule has 0 saturated carbocycles. The van der Waals surface area contributed by atoms with Gasteiger partial charge in [0.15, 0.2) is 0 Å². The van der Waals surface area contributed by atoms with Crippen LogP contribution in [0, 0.1) is 6.92 Å². The van der Waals surface area contributed by atoms with Crippen molar-refractivity contribution in [2.75, 3.05) is 13.6 Å². The van der Waals surface area contributed by atoms with E-state index < -0.39 is 5.54 Å². The Labute approximate surface area is 129 Å². The lowest BCUT2D eigenvalue weighted by Crippen LogP contribution is -2.54. The number of aryl methyl sites for hydroxylation is 1. The smallest absolute Gasteiger partial charge is 0.274 e. The Morgan fingerprint density at radius 1 is 1.41 bits per heavy atom. The van der Waals surface area contributed by atoms with Crippen molar-refractivity contribution in [1.29, 1.82) is 0 Å². The van der Waals surface area contributed by atoms with Crippen LogP contribution in [0.1, 0.15) is 35.8 Å². The number of carbonyl (C=O) groups excluding carboxylic acids is 2. The Balaban J connectivity index is 1.98. The first kappa shape index (κ1) is 14.6. The number of hydrogen-bond acceptors (Lipinski definition) is 3. The van der Waals surface area contributed by atoms with Crippen molar-refractivity contribution in [1.82, 2.24) is 19.6 Å². The van der Waals surface area contributed by atoms with Gasteiger partial charge in [0.1, 0.15) is 16.9 Å². The Hall–Kier alpha value is -2.37. The highest BCUT2D eigenvalue weighted by Crippen LogP contribution is 2.30. The summed E-state index contributed by atoms with van der Waals surface area (Å²) in [6.45, 7) is 4.36. The van der Waals surface area contributed by atoms with Gasteiger partial charge in [-0.2, -0.15) is 0 Å². The van der Waals surface area contributed by atoms with Crippen LogP contribution in [0.25, 0.3) is 5.65 Å². The number of nitrogens with one attached hydrogen (secondary N) is 1. The summed E-state index contributed by atoms with van der Waals surface area (Å²) in [6.07, 6.45) is 5.09. The Morgan fingerprint density at radius 2 is 2.18 bits per heavy atom. The van der Waals surface area contributed by atoms with Gasteiger partial charge in [0.05, 0.1) is 0 Å². The summed E-state index contributed by atoms with van der Waals surface area (Å²) in [5.41, 5.74) is 1.37. The minimum absolute atomic E-state index is 0.127. The summed E-state index contributed by atoms with van der Waals surface area (Å²) in [5.74, 6) is -0.315. The van der Waals surface area contributed by atoms with Gasteiger partial charge in [-0.25, -0.2) is 4.98 Å². The molecule has 0 aromatic carbocycles. The molecule has 0 aliphatic carbocycles. The number of imidazole rings is 1. The highest BCUT2D eigenvalue weighted by molar-refractivity contribution is 5.98. The number of likely N-dealkylation sites (tertiary alicyclic amines) is 1. The maximum atomic E-state index is 12.8. The van der Waals surface area contributed by atoms with Crippen LogP contribution in [-0.4, -0.2) is 45.2 Å². The molecule has 1 fully saturated rings. The maximum Gasteiger partial charge on any atom is 0.274 e. The van der Waals surface area contributed by atoms with Crippen LogP contribution in [0.15, 0.2) is 24.5 Å². The van der Waals surface area contributed by atoms with Gasteiger partial charge in [0.2, 0.25) is 5.91 Å². The standard InChI is InChI=1S/C16H20N4O2/c1-11-6-4-8-19-10-12(18-13(11)19)14(21)20-9-5-7-16(20,2)15(22)17-3/h4,6,8,10H,5,7,9H2,1-3H3,(H,17,22)/t16-/m1/s1. The van der Waals surface area contributed by atoms with Crippen molar-refractivity contribution in [3.05, 3.63) is 35.8 Å². The quantitative estimate of drug-likeness (QED) is 0.911. The molecule has 3 rings (SSSR count). The van der Waals surface area contributed by atoms with E-state index in [1.807, 2.05) is 36.6 Å². The Morgan fingerprint density at radius 3 is 2.86 bits per heavy atom. The van der Waals surface area contributed by atoms with Gasteiger partial charge >= 0.3 is 0 Å². The summed E-state index contributed by atoms with van der Waals surface area (Å²) in [7, 11) is 1.60. The first-order valence-corrected chi connectivity index (χ1v) is 7.46. The van der Waals surface area contributed by atoms with Gasteiger partial charge in [-0.1, -0.05) is 6.07 Å².